The van der Waals surface area contributed by atoms with Gasteiger partial charge in [0, 0.05) is 12.1 Å². The van der Waals surface area contributed by atoms with Crippen molar-refractivity contribution in [3.63, 3.8) is 0 Å². The summed E-state index contributed by atoms with van der Waals surface area (Å²) in [6.45, 7) is 3.19. The van der Waals surface area contributed by atoms with Crippen LogP contribution in [0.5, 0.6) is 5.88 Å². The van der Waals surface area contributed by atoms with Gasteiger partial charge in [-0.2, -0.15) is 0 Å². The number of hydrogen-bond acceptors (Lipinski definition) is 4. The first kappa shape index (κ1) is 14.7. The Morgan fingerprint density at radius 3 is 2.53 bits per heavy atom. The first-order valence-corrected chi connectivity index (χ1v) is 5.77. The molecule has 4 N–H and O–H groups in total. The number of aromatic amines is 1. The van der Waals surface area contributed by atoms with Crippen molar-refractivity contribution in [2.24, 2.45) is 0 Å². The Balaban J connectivity index is 3.00. The van der Waals surface area contributed by atoms with E-state index in [9.17, 15) is 19.5 Å². The smallest absolute Gasteiger partial charge is 0.329 e. The van der Waals surface area contributed by atoms with E-state index in [0.717, 1.165) is 12.1 Å². The number of H-pyrrole nitrogens is 1. The van der Waals surface area contributed by atoms with Crippen molar-refractivity contribution in [1.82, 2.24) is 10.3 Å². The minimum atomic E-state index is -1.41. The molecular weight excluding hydrogens is 252 g/mol. The highest BCUT2D eigenvalue weighted by Gasteiger charge is 2.34. The summed E-state index contributed by atoms with van der Waals surface area (Å²) < 4.78 is 0. The Hall–Kier alpha value is -2.31. The number of pyridine rings is 1. The van der Waals surface area contributed by atoms with Crippen LogP contribution in [0.25, 0.3) is 0 Å². The second kappa shape index (κ2) is 5.55. The number of carbonyl (C=O) groups excluding carboxylic acids is 1. The highest BCUT2D eigenvalue weighted by molar-refractivity contribution is 5.97. The van der Waals surface area contributed by atoms with Gasteiger partial charge in [-0.25, -0.2) is 4.79 Å². The Morgan fingerprint density at radius 1 is 1.42 bits per heavy atom. The van der Waals surface area contributed by atoms with E-state index < -0.39 is 28.9 Å². The molecule has 1 atom stereocenters. The number of carboxylic acids is 1. The normalized spacial score (nSPS) is 13.6. The van der Waals surface area contributed by atoms with Gasteiger partial charge < -0.3 is 15.5 Å². The van der Waals surface area contributed by atoms with E-state index in [0.29, 0.717) is 6.42 Å². The third-order valence-corrected chi connectivity index (χ3v) is 2.70. The van der Waals surface area contributed by atoms with E-state index in [4.69, 9.17) is 5.11 Å². The molecule has 0 aliphatic carbocycles. The Kier molecular flexibility index (Phi) is 4.31. The van der Waals surface area contributed by atoms with E-state index in [1.54, 1.807) is 6.92 Å². The molecule has 7 heteroatoms. The summed E-state index contributed by atoms with van der Waals surface area (Å²) in [6, 6.07) is 2.05. The molecule has 0 aliphatic heterocycles. The van der Waals surface area contributed by atoms with Crippen LogP contribution in [0.1, 0.15) is 37.0 Å². The maximum absolute atomic E-state index is 11.9. The zero-order valence-electron chi connectivity index (χ0n) is 10.7. The molecule has 1 unspecified atom stereocenters. The summed E-state index contributed by atoms with van der Waals surface area (Å²) in [7, 11) is 0. The van der Waals surface area contributed by atoms with E-state index in [1.807, 2.05) is 0 Å². The molecular formula is C12H16N2O5. The average Bonchev–Trinajstić information content (AvgIpc) is 2.27. The summed E-state index contributed by atoms with van der Waals surface area (Å²) in [5.41, 5.74) is -2.15. The van der Waals surface area contributed by atoms with Gasteiger partial charge in [-0.3, -0.25) is 14.6 Å². The number of aromatic nitrogens is 1. The fourth-order valence-corrected chi connectivity index (χ4v) is 1.71. The minimum Gasteiger partial charge on any atom is -0.494 e. The van der Waals surface area contributed by atoms with Crippen molar-refractivity contribution >= 4 is 11.9 Å². The Morgan fingerprint density at radius 2 is 2.05 bits per heavy atom. The van der Waals surface area contributed by atoms with Crippen LogP contribution in [-0.2, 0) is 4.79 Å². The number of amides is 1. The highest BCUT2D eigenvalue weighted by Crippen LogP contribution is 2.14. The van der Waals surface area contributed by atoms with Crippen LogP contribution in [0.15, 0.2) is 16.9 Å². The topological polar surface area (TPSA) is 119 Å². The van der Waals surface area contributed by atoms with Crippen molar-refractivity contribution in [3.8, 4) is 5.88 Å². The van der Waals surface area contributed by atoms with Crippen LogP contribution in [0.2, 0.25) is 0 Å². The molecule has 1 rings (SSSR count). The lowest BCUT2D eigenvalue weighted by Gasteiger charge is -2.25. The van der Waals surface area contributed by atoms with Crippen LogP contribution in [0.3, 0.4) is 0 Å². The number of rotatable bonds is 5. The van der Waals surface area contributed by atoms with Crippen molar-refractivity contribution < 1.29 is 19.8 Å². The standard InChI is InChI=1S/C12H16N2O5/c1-3-4-12(2,11(18)19)14-10(17)7-5-8(15)13-9(16)6-7/h5-6H,3-4H2,1-2H3,(H,14,17)(H,18,19)(H2,13,15,16). The van der Waals surface area contributed by atoms with E-state index in [-0.39, 0.29) is 12.0 Å². The number of aliphatic carboxylic acids is 1. The van der Waals surface area contributed by atoms with E-state index in [2.05, 4.69) is 10.3 Å². The lowest BCUT2D eigenvalue weighted by atomic mass is 9.96. The average molecular weight is 268 g/mol. The quantitative estimate of drug-likeness (QED) is 0.618. The fourth-order valence-electron chi connectivity index (χ4n) is 1.71. The lowest BCUT2D eigenvalue weighted by Crippen LogP contribution is -2.52. The molecule has 0 fully saturated rings. The Labute approximate surface area is 109 Å². The van der Waals surface area contributed by atoms with Crippen LogP contribution >= 0.6 is 0 Å². The molecule has 0 spiro atoms. The van der Waals surface area contributed by atoms with E-state index in [1.165, 1.54) is 6.92 Å². The number of hydrogen-bond donors (Lipinski definition) is 4. The van der Waals surface area contributed by atoms with Gasteiger partial charge in [0.25, 0.3) is 11.5 Å². The fraction of sp³-hybridized carbons (Fsp3) is 0.417. The molecule has 1 amide bonds. The number of carbonyl (C=O) groups is 2. The van der Waals surface area contributed by atoms with Gasteiger partial charge in [-0.05, 0) is 13.3 Å². The number of aromatic hydroxyl groups is 1. The summed E-state index contributed by atoms with van der Waals surface area (Å²) in [5, 5.41) is 20.7. The summed E-state index contributed by atoms with van der Waals surface area (Å²) >= 11 is 0. The second-order valence-corrected chi connectivity index (χ2v) is 4.46. The van der Waals surface area contributed by atoms with Crippen molar-refractivity contribution in [2.45, 2.75) is 32.2 Å². The molecule has 0 radical (unpaired) electrons. The first-order chi connectivity index (χ1) is 8.78. The van der Waals surface area contributed by atoms with Crippen molar-refractivity contribution in [1.29, 1.82) is 0 Å². The third-order valence-electron chi connectivity index (χ3n) is 2.70. The molecule has 1 aromatic heterocycles. The molecule has 0 aliphatic rings. The number of nitrogens with one attached hydrogen (secondary N) is 2. The monoisotopic (exact) mass is 268 g/mol. The zero-order chi connectivity index (χ0) is 14.6. The highest BCUT2D eigenvalue weighted by atomic mass is 16.4. The van der Waals surface area contributed by atoms with Gasteiger partial charge in [0.05, 0.1) is 5.56 Å². The van der Waals surface area contributed by atoms with Gasteiger partial charge in [-0.15, -0.1) is 0 Å². The molecule has 0 saturated carbocycles. The maximum Gasteiger partial charge on any atom is 0.329 e. The first-order valence-electron chi connectivity index (χ1n) is 5.77. The van der Waals surface area contributed by atoms with Crippen LogP contribution in [-0.4, -0.2) is 32.6 Å². The van der Waals surface area contributed by atoms with Gasteiger partial charge in [0.1, 0.15) is 5.54 Å². The molecule has 7 nitrogen and oxygen atoms in total. The SMILES string of the molecule is CCCC(C)(NC(=O)c1cc(O)[nH]c(=O)c1)C(=O)O. The molecule has 1 aromatic rings. The van der Waals surface area contributed by atoms with Crippen molar-refractivity contribution in [3.05, 3.63) is 28.0 Å². The molecule has 19 heavy (non-hydrogen) atoms. The van der Waals surface area contributed by atoms with Gasteiger partial charge in [-0.1, -0.05) is 13.3 Å². The van der Waals surface area contributed by atoms with E-state index >= 15 is 0 Å². The van der Waals surface area contributed by atoms with Gasteiger partial charge in [0.15, 0.2) is 5.88 Å². The largest absolute Gasteiger partial charge is 0.494 e. The van der Waals surface area contributed by atoms with Gasteiger partial charge in [0.2, 0.25) is 0 Å². The van der Waals surface area contributed by atoms with Gasteiger partial charge >= 0.3 is 5.97 Å². The molecule has 1 heterocycles. The molecule has 0 saturated heterocycles. The molecule has 0 bridgehead atoms. The third kappa shape index (κ3) is 3.57. The zero-order valence-corrected chi connectivity index (χ0v) is 10.7. The lowest BCUT2D eigenvalue weighted by molar-refractivity contribution is -0.144. The molecule has 0 aromatic carbocycles. The predicted molar refractivity (Wildman–Crippen MR) is 67.1 cm³/mol. The maximum atomic E-state index is 11.9. The van der Waals surface area contributed by atoms with Crippen LogP contribution in [0, 0.1) is 0 Å². The second-order valence-electron chi connectivity index (χ2n) is 4.46. The number of carboxylic acid groups (broad SMARTS) is 1. The summed E-state index contributed by atoms with van der Waals surface area (Å²) in [5.74, 6) is -2.33. The summed E-state index contributed by atoms with van der Waals surface area (Å²) in [6.07, 6.45) is 0.826. The molecule has 104 valence electrons. The summed E-state index contributed by atoms with van der Waals surface area (Å²) in [4.78, 5) is 36.3. The van der Waals surface area contributed by atoms with Crippen LogP contribution in [0.4, 0.5) is 0 Å². The van der Waals surface area contributed by atoms with Crippen molar-refractivity contribution in [2.75, 3.05) is 0 Å². The minimum absolute atomic E-state index is 0.0928. The Bertz CT molecular complexity index is 551. The predicted octanol–water partition coefficient (Wildman–Crippen LogP) is 0.454. The van der Waals surface area contributed by atoms with Crippen LogP contribution < -0.4 is 10.9 Å².